The minimum atomic E-state index is -1.59. The number of carbonyl (C=O) groups is 1. The van der Waals surface area contributed by atoms with Gasteiger partial charge in [-0.25, -0.2) is 17.6 Å². The maximum absolute atomic E-state index is 13.9. The highest BCUT2D eigenvalue weighted by Crippen LogP contribution is 2.58. The molecular weight excluding hydrogens is 362 g/mol. The predicted molar refractivity (Wildman–Crippen MR) is 89.0 cm³/mol. The highest BCUT2D eigenvalue weighted by Gasteiger charge is 2.58. The van der Waals surface area contributed by atoms with Crippen LogP contribution >= 0.6 is 0 Å². The van der Waals surface area contributed by atoms with Crippen LogP contribution in [-0.4, -0.2) is 5.97 Å². The van der Waals surface area contributed by atoms with Gasteiger partial charge in [-0.05, 0) is 25.5 Å². The lowest BCUT2D eigenvalue weighted by Gasteiger charge is -2.10. The zero-order valence-electron chi connectivity index (χ0n) is 15.2. The van der Waals surface area contributed by atoms with E-state index < -0.39 is 58.3 Å². The molecular formula is C20H17F4NO2. The molecule has 1 fully saturated rings. The average Bonchev–Trinajstić information content (AvgIpc) is 3.17. The quantitative estimate of drug-likeness (QED) is 0.189. The van der Waals surface area contributed by atoms with Crippen LogP contribution in [0, 0.1) is 52.9 Å². The number of esters is 1. The van der Waals surface area contributed by atoms with Crippen LogP contribution in [0.3, 0.4) is 0 Å². The number of nitrogens with zero attached hydrogens (tertiary/aromatic N) is 1. The SMILES string of the molecule is C/C=C/C(=C=C1[C@@H](C(=O)OCc2c(F)c(F)c(C)c(F)c2F)C1(C)C)C#N. The summed E-state index contributed by atoms with van der Waals surface area (Å²) < 4.78 is 59.8. The molecule has 1 aromatic rings. The van der Waals surface area contributed by atoms with Gasteiger partial charge in [0, 0.05) is 11.0 Å². The molecule has 1 aliphatic rings. The molecule has 0 N–H and O–H groups in total. The minimum absolute atomic E-state index is 0.218. The van der Waals surface area contributed by atoms with Gasteiger partial charge in [-0.3, -0.25) is 4.79 Å². The van der Waals surface area contributed by atoms with Crippen LogP contribution in [0.15, 0.2) is 29.0 Å². The van der Waals surface area contributed by atoms with Crippen LogP contribution in [0.25, 0.3) is 0 Å². The Hall–Kier alpha value is -2.84. The van der Waals surface area contributed by atoms with Crippen molar-refractivity contribution in [3.05, 3.63) is 63.4 Å². The molecule has 0 amide bonds. The van der Waals surface area contributed by atoms with Crippen molar-refractivity contribution in [2.75, 3.05) is 0 Å². The molecule has 1 atom stereocenters. The molecule has 7 heteroatoms. The summed E-state index contributed by atoms with van der Waals surface area (Å²) >= 11 is 0. The lowest BCUT2D eigenvalue weighted by molar-refractivity contribution is -0.147. The van der Waals surface area contributed by atoms with Crippen molar-refractivity contribution in [2.45, 2.75) is 34.3 Å². The Morgan fingerprint density at radius 2 is 1.74 bits per heavy atom. The van der Waals surface area contributed by atoms with E-state index in [-0.39, 0.29) is 5.57 Å². The lowest BCUT2D eigenvalue weighted by Crippen LogP contribution is -2.14. The van der Waals surface area contributed by atoms with Crippen molar-refractivity contribution < 1.29 is 27.1 Å². The molecule has 0 aliphatic heterocycles. The third-order valence-corrected chi connectivity index (χ3v) is 4.51. The predicted octanol–water partition coefficient (Wildman–Crippen LogP) is 4.80. The number of halogens is 4. The van der Waals surface area contributed by atoms with Gasteiger partial charge in [-0.1, -0.05) is 19.9 Å². The van der Waals surface area contributed by atoms with Gasteiger partial charge in [0.2, 0.25) is 0 Å². The third kappa shape index (κ3) is 3.67. The summed E-state index contributed by atoms with van der Waals surface area (Å²) in [7, 11) is 0. The summed E-state index contributed by atoms with van der Waals surface area (Å²) in [4.78, 5) is 12.3. The van der Waals surface area contributed by atoms with Gasteiger partial charge in [-0.2, -0.15) is 5.26 Å². The molecule has 0 unspecified atom stereocenters. The number of benzene rings is 1. The second-order valence-electron chi connectivity index (χ2n) is 6.69. The standard InChI is InChI=1S/C20H17F4NO2/c1-5-6-11(8-25)7-13-14(20(13,3)4)19(26)27-9-12-17(23)15(21)10(2)16(22)18(12)24/h5-6,14H,9H2,1-4H3/b6-5+/t7?,14-/m0/s1. The summed E-state index contributed by atoms with van der Waals surface area (Å²) in [5, 5.41) is 9.03. The van der Waals surface area contributed by atoms with Crippen LogP contribution in [0.1, 0.15) is 31.9 Å². The highest BCUT2D eigenvalue weighted by atomic mass is 19.2. The second-order valence-corrected chi connectivity index (χ2v) is 6.69. The maximum Gasteiger partial charge on any atom is 0.314 e. The second kappa shape index (κ2) is 7.42. The molecule has 0 bridgehead atoms. The Balaban J connectivity index is 2.26. The molecule has 1 aliphatic carbocycles. The molecule has 0 spiro atoms. The summed E-state index contributed by atoms with van der Waals surface area (Å²) in [5.41, 5.74) is 1.12. The first kappa shape index (κ1) is 20.5. The van der Waals surface area contributed by atoms with Crippen molar-refractivity contribution in [3.63, 3.8) is 0 Å². The van der Waals surface area contributed by atoms with Gasteiger partial charge in [0.1, 0.15) is 12.7 Å². The number of nitriles is 1. The monoisotopic (exact) mass is 379 g/mol. The normalized spacial score (nSPS) is 17.4. The van der Waals surface area contributed by atoms with E-state index in [2.05, 4.69) is 5.73 Å². The molecule has 1 aromatic carbocycles. The molecule has 27 heavy (non-hydrogen) atoms. The van der Waals surface area contributed by atoms with Gasteiger partial charge < -0.3 is 4.74 Å². The Bertz CT molecular complexity index is 919. The van der Waals surface area contributed by atoms with Crippen molar-refractivity contribution in [1.29, 1.82) is 5.26 Å². The van der Waals surface area contributed by atoms with E-state index in [1.165, 1.54) is 6.08 Å². The fourth-order valence-electron chi connectivity index (χ4n) is 2.75. The van der Waals surface area contributed by atoms with Crippen LogP contribution in [-0.2, 0) is 16.1 Å². The highest BCUT2D eigenvalue weighted by molar-refractivity contribution is 5.84. The largest absolute Gasteiger partial charge is 0.460 e. The lowest BCUT2D eigenvalue weighted by atomic mass is 10.1. The molecule has 2 rings (SSSR count). The zero-order chi connectivity index (χ0) is 20.5. The summed E-state index contributed by atoms with van der Waals surface area (Å²) in [5.74, 6) is -7.83. The number of hydrogen-bond acceptors (Lipinski definition) is 3. The average molecular weight is 379 g/mol. The first-order valence-electron chi connectivity index (χ1n) is 8.10. The molecule has 142 valence electrons. The number of hydrogen-bond donors (Lipinski definition) is 0. The van der Waals surface area contributed by atoms with E-state index in [1.807, 2.05) is 6.07 Å². The Labute approximate surface area is 154 Å². The molecule has 0 saturated heterocycles. The third-order valence-electron chi connectivity index (χ3n) is 4.51. The summed E-state index contributed by atoms with van der Waals surface area (Å²) in [6.45, 7) is 5.11. The zero-order valence-corrected chi connectivity index (χ0v) is 15.2. The van der Waals surface area contributed by atoms with Gasteiger partial charge in [0.05, 0.1) is 17.1 Å². The summed E-state index contributed by atoms with van der Waals surface area (Å²) in [6, 6.07) is 1.93. The number of carbonyl (C=O) groups excluding carboxylic acids is 1. The topological polar surface area (TPSA) is 50.1 Å². The molecule has 0 radical (unpaired) electrons. The molecule has 0 heterocycles. The van der Waals surface area contributed by atoms with E-state index in [4.69, 9.17) is 10.00 Å². The first-order valence-corrected chi connectivity index (χ1v) is 8.10. The molecule has 0 aromatic heterocycles. The fourth-order valence-corrected chi connectivity index (χ4v) is 2.75. The van der Waals surface area contributed by atoms with Gasteiger partial charge in [0.25, 0.3) is 0 Å². The van der Waals surface area contributed by atoms with Crippen LogP contribution in [0.2, 0.25) is 0 Å². The number of allylic oxidation sites excluding steroid dienone is 2. The van der Waals surface area contributed by atoms with Crippen molar-refractivity contribution >= 4 is 5.97 Å². The van der Waals surface area contributed by atoms with E-state index in [0.29, 0.717) is 5.57 Å². The Morgan fingerprint density at radius 1 is 1.19 bits per heavy atom. The van der Waals surface area contributed by atoms with E-state index in [0.717, 1.165) is 6.92 Å². The maximum atomic E-state index is 13.9. The van der Waals surface area contributed by atoms with Crippen LogP contribution in [0.4, 0.5) is 17.6 Å². The minimum Gasteiger partial charge on any atom is -0.460 e. The van der Waals surface area contributed by atoms with Crippen LogP contribution < -0.4 is 0 Å². The smallest absolute Gasteiger partial charge is 0.314 e. The first-order chi connectivity index (χ1) is 12.6. The van der Waals surface area contributed by atoms with E-state index in [9.17, 15) is 22.4 Å². The van der Waals surface area contributed by atoms with Crippen molar-refractivity contribution in [3.8, 4) is 6.07 Å². The Morgan fingerprint density at radius 3 is 2.22 bits per heavy atom. The van der Waals surface area contributed by atoms with Gasteiger partial charge in [0.15, 0.2) is 23.3 Å². The molecule has 1 saturated carbocycles. The van der Waals surface area contributed by atoms with Gasteiger partial charge >= 0.3 is 5.97 Å². The van der Waals surface area contributed by atoms with Gasteiger partial charge in [-0.15, -0.1) is 5.73 Å². The fraction of sp³-hybridized carbons (Fsp3) is 0.350. The van der Waals surface area contributed by atoms with E-state index >= 15 is 0 Å². The van der Waals surface area contributed by atoms with E-state index in [1.54, 1.807) is 26.8 Å². The number of ether oxygens (including phenoxy) is 1. The molecule has 3 nitrogen and oxygen atoms in total. The van der Waals surface area contributed by atoms with Crippen molar-refractivity contribution in [2.24, 2.45) is 11.3 Å². The summed E-state index contributed by atoms with van der Waals surface area (Å²) in [6.07, 6.45) is 3.16. The number of rotatable bonds is 4. The van der Waals surface area contributed by atoms with Crippen molar-refractivity contribution in [1.82, 2.24) is 0 Å². The van der Waals surface area contributed by atoms with Crippen LogP contribution in [0.5, 0.6) is 0 Å². The Kier molecular flexibility index (Phi) is 5.62.